The molecule has 2 aromatic rings. The van der Waals surface area contributed by atoms with E-state index in [9.17, 15) is 0 Å². The fourth-order valence-electron chi connectivity index (χ4n) is 1.90. The van der Waals surface area contributed by atoms with Crippen molar-refractivity contribution in [1.82, 2.24) is 5.43 Å². The van der Waals surface area contributed by atoms with Gasteiger partial charge in [0, 0.05) is 4.88 Å². The van der Waals surface area contributed by atoms with Crippen molar-refractivity contribution in [2.45, 2.75) is 19.9 Å². The van der Waals surface area contributed by atoms with Crippen molar-refractivity contribution in [1.29, 1.82) is 0 Å². The molecule has 0 spiro atoms. The fraction of sp³-hybridized carbons (Fsp3) is 0.231. The lowest BCUT2D eigenvalue weighted by Gasteiger charge is -2.19. The lowest BCUT2D eigenvalue weighted by Crippen LogP contribution is -2.29. The van der Waals surface area contributed by atoms with Gasteiger partial charge in [-0.05, 0) is 42.0 Å². The molecule has 0 fully saturated rings. The van der Waals surface area contributed by atoms with Gasteiger partial charge in [-0.15, -0.1) is 11.3 Å². The van der Waals surface area contributed by atoms with Gasteiger partial charge < -0.3 is 0 Å². The molecule has 1 unspecified atom stereocenters. The monoisotopic (exact) mass is 266 g/mol. The van der Waals surface area contributed by atoms with Crippen LogP contribution in [0, 0.1) is 13.8 Å². The molecule has 2 rings (SSSR count). The van der Waals surface area contributed by atoms with E-state index in [2.05, 4.69) is 31.4 Å². The molecule has 1 aromatic carbocycles. The molecule has 3 N–H and O–H groups in total. The van der Waals surface area contributed by atoms with E-state index >= 15 is 0 Å². The molecule has 0 radical (unpaired) electrons. The van der Waals surface area contributed by atoms with E-state index in [1.165, 1.54) is 16.7 Å². The lowest BCUT2D eigenvalue weighted by molar-refractivity contribution is 0.643. The third kappa shape index (κ3) is 2.38. The van der Waals surface area contributed by atoms with Crippen molar-refractivity contribution in [3.05, 3.63) is 56.2 Å². The fourth-order valence-corrected chi connectivity index (χ4v) is 3.15. The van der Waals surface area contributed by atoms with Gasteiger partial charge in [-0.1, -0.05) is 29.8 Å². The predicted octanol–water partition coefficient (Wildman–Crippen LogP) is 3.57. The summed E-state index contributed by atoms with van der Waals surface area (Å²) >= 11 is 7.79. The Kier molecular flexibility index (Phi) is 3.84. The van der Waals surface area contributed by atoms with Gasteiger partial charge in [-0.25, -0.2) is 5.43 Å². The maximum absolute atomic E-state index is 6.17. The summed E-state index contributed by atoms with van der Waals surface area (Å²) in [5.74, 6) is 5.68. The first kappa shape index (κ1) is 12.6. The minimum Gasteiger partial charge on any atom is -0.271 e. The number of hydrazine groups is 1. The van der Waals surface area contributed by atoms with E-state index in [0.29, 0.717) is 0 Å². The summed E-state index contributed by atoms with van der Waals surface area (Å²) in [6.45, 7) is 4.21. The SMILES string of the molecule is Cc1cccc(C(NN)c2sccc2Cl)c1C. The van der Waals surface area contributed by atoms with Crippen molar-refractivity contribution in [3.8, 4) is 0 Å². The molecule has 1 heterocycles. The van der Waals surface area contributed by atoms with Gasteiger partial charge in [0.05, 0.1) is 11.1 Å². The van der Waals surface area contributed by atoms with Crippen molar-refractivity contribution >= 4 is 22.9 Å². The van der Waals surface area contributed by atoms with Gasteiger partial charge >= 0.3 is 0 Å². The minimum absolute atomic E-state index is 0.0394. The first-order chi connectivity index (χ1) is 8.15. The van der Waals surface area contributed by atoms with Crippen LogP contribution < -0.4 is 11.3 Å². The van der Waals surface area contributed by atoms with E-state index < -0.39 is 0 Å². The van der Waals surface area contributed by atoms with Gasteiger partial charge in [0.25, 0.3) is 0 Å². The average Bonchev–Trinajstić information content (AvgIpc) is 2.72. The molecule has 0 aliphatic rings. The average molecular weight is 267 g/mol. The number of aryl methyl sites for hydroxylation is 1. The Hall–Kier alpha value is -0.870. The molecule has 1 aromatic heterocycles. The number of thiophene rings is 1. The Balaban J connectivity index is 2.50. The van der Waals surface area contributed by atoms with E-state index in [1.807, 2.05) is 17.5 Å². The van der Waals surface area contributed by atoms with Crippen molar-refractivity contribution in [3.63, 3.8) is 0 Å². The molecule has 17 heavy (non-hydrogen) atoms. The summed E-state index contributed by atoms with van der Waals surface area (Å²) in [5, 5.41) is 2.74. The van der Waals surface area contributed by atoms with E-state index in [1.54, 1.807) is 11.3 Å². The largest absolute Gasteiger partial charge is 0.271 e. The van der Waals surface area contributed by atoms with Crippen LogP contribution in [-0.4, -0.2) is 0 Å². The number of rotatable bonds is 3. The molecule has 0 saturated heterocycles. The Labute approximate surface area is 110 Å². The van der Waals surface area contributed by atoms with Crippen LogP contribution in [0.15, 0.2) is 29.6 Å². The smallest absolute Gasteiger partial charge is 0.0820 e. The van der Waals surface area contributed by atoms with Crippen molar-refractivity contribution in [2.75, 3.05) is 0 Å². The number of hydrogen-bond acceptors (Lipinski definition) is 3. The van der Waals surface area contributed by atoms with Crippen LogP contribution in [0.25, 0.3) is 0 Å². The summed E-state index contributed by atoms with van der Waals surface area (Å²) < 4.78 is 0. The molecule has 2 nitrogen and oxygen atoms in total. The second kappa shape index (κ2) is 5.19. The first-order valence-electron chi connectivity index (χ1n) is 5.40. The van der Waals surface area contributed by atoms with E-state index in [-0.39, 0.29) is 6.04 Å². The van der Waals surface area contributed by atoms with Crippen LogP contribution in [0.3, 0.4) is 0 Å². The molecule has 0 aliphatic heterocycles. The van der Waals surface area contributed by atoms with Crippen LogP contribution >= 0.6 is 22.9 Å². The highest BCUT2D eigenvalue weighted by molar-refractivity contribution is 7.10. The van der Waals surface area contributed by atoms with Crippen LogP contribution in [0.2, 0.25) is 5.02 Å². The van der Waals surface area contributed by atoms with Gasteiger partial charge in [0.2, 0.25) is 0 Å². The summed E-state index contributed by atoms with van der Waals surface area (Å²) in [5.41, 5.74) is 6.54. The Morgan fingerprint density at radius 1 is 1.29 bits per heavy atom. The van der Waals surface area contributed by atoms with Crippen molar-refractivity contribution < 1.29 is 0 Å². The molecule has 90 valence electrons. The highest BCUT2D eigenvalue weighted by Crippen LogP contribution is 2.34. The molecule has 0 saturated carbocycles. The van der Waals surface area contributed by atoms with Gasteiger partial charge in [-0.3, -0.25) is 5.84 Å². The molecular weight excluding hydrogens is 252 g/mol. The summed E-state index contributed by atoms with van der Waals surface area (Å²) in [6, 6.07) is 8.09. The number of nitrogens with two attached hydrogens (primary N) is 1. The maximum Gasteiger partial charge on any atom is 0.0820 e. The van der Waals surface area contributed by atoms with Crippen LogP contribution in [-0.2, 0) is 0 Å². The molecule has 4 heteroatoms. The van der Waals surface area contributed by atoms with Crippen LogP contribution in [0.5, 0.6) is 0 Å². The Bertz CT molecular complexity index is 522. The normalized spacial score (nSPS) is 12.7. The zero-order chi connectivity index (χ0) is 12.4. The molecule has 0 aliphatic carbocycles. The predicted molar refractivity (Wildman–Crippen MR) is 74.4 cm³/mol. The molecule has 0 bridgehead atoms. The zero-order valence-electron chi connectivity index (χ0n) is 9.83. The molecule has 1 atom stereocenters. The van der Waals surface area contributed by atoms with Gasteiger partial charge in [-0.2, -0.15) is 0 Å². The Morgan fingerprint density at radius 2 is 2.06 bits per heavy atom. The van der Waals surface area contributed by atoms with E-state index in [4.69, 9.17) is 17.4 Å². The second-order valence-corrected chi connectivity index (χ2v) is 5.38. The number of nitrogens with one attached hydrogen (secondary N) is 1. The second-order valence-electron chi connectivity index (χ2n) is 4.02. The first-order valence-corrected chi connectivity index (χ1v) is 6.66. The van der Waals surface area contributed by atoms with Crippen molar-refractivity contribution in [2.24, 2.45) is 5.84 Å². The molecule has 0 amide bonds. The van der Waals surface area contributed by atoms with Gasteiger partial charge in [0.15, 0.2) is 0 Å². The highest BCUT2D eigenvalue weighted by Gasteiger charge is 2.19. The van der Waals surface area contributed by atoms with E-state index in [0.717, 1.165) is 9.90 Å². The number of hydrogen-bond donors (Lipinski definition) is 2. The maximum atomic E-state index is 6.17. The Morgan fingerprint density at radius 3 is 2.65 bits per heavy atom. The van der Waals surface area contributed by atoms with Crippen LogP contribution in [0.4, 0.5) is 0 Å². The topological polar surface area (TPSA) is 38.0 Å². The highest BCUT2D eigenvalue weighted by atomic mass is 35.5. The number of benzene rings is 1. The third-order valence-corrected chi connectivity index (χ3v) is 4.45. The number of halogens is 1. The summed E-state index contributed by atoms with van der Waals surface area (Å²) in [7, 11) is 0. The zero-order valence-corrected chi connectivity index (χ0v) is 11.4. The van der Waals surface area contributed by atoms with Crippen LogP contribution in [0.1, 0.15) is 27.6 Å². The summed E-state index contributed by atoms with van der Waals surface area (Å²) in [6.07, 6.45) is 0. The standard InChI is InChI=1S/C13H15ClN2S/c1-8-4-3-5-10(9(8)2)12(16-15)13-11(14)6-7-17-13/h3-7,12,16H,15H2,1-2H3. The quantitative estimate of drug-likeness (QED) is 0.658. The molecular formula is C13H15ClN2S. The summed E-state index contributed by atoms with van der Waals surface area (Å²) in [4.78, 5) is 1.06. The minimum atomic E-state index is -0.0394. The third-order valence-electron chi connectivity index (χ3n) is 3.03. The van der Waals surface area contributed by atoms with Gasteiger partial charge in [0.1, 0.15) is 0 Å². The lowest BCUT2D eigenvalue weighted by atomic mass is 9.97.